The Morgan fingerprint density at radius 2 is 1.38 bits per heavy atom. The molecule has 95 valence electrons. The smallest absolute Gasteiger partial charge is 0.0355 e. The highest BCUT2D eigenvalue weighted by Gasteiger charge is 2.13. The number of unbranched alkanes of at least 4 members (excludes halogenated alkanes) is 8. The van der Waals surface area contributed by atoms with Gasteiger partial charge in [-0.15, -0.1) is 0 Å². The molecule has 0 aliphatic heterocycles. The highest BCUT2D eigenvalue weighted by molar-refractivity contribution is 4.80. The SMILES string of the molecule is CCCCCCCCCC[CH]C1CCCC1. The molecule has 0 aromatic carbocycles. The lowest BCUT2D eigenvalue weighted by molar-refractivity contribution is 0.547. The lowest BCUT2D eigenvalue weighted by Crippen LogP contribution is -1.93. The van der Waals surface area contributed by atoms with Gasteiger partial charge in [-0.3, -0.25) is 0 Å². The summed E-state index contributed by atoms with van der Waals surface area (Å²) in [5.74, 6) is 0.990. The molecule has 1 radical (unpaired) electrons. The summed E-state index contributed by atoms with van der Waals surface area (Å²) in [6.07, 6.45) is 21.6. The molecule has 0 aromatic rings. The molecule has 0 saturated heterocycles. The Bertz CT molecular complexity index is 133. The van der Waals surface area contributed by atoms with Gasteiger partial charge in [0.2, 0.25) is 0 Å². The van der Waals surface area contributed by atoms with Crippen molar-refractivity contribution in [3.8, 4) is 0 Å². The van der Waals surface area contributed by atoms with Crippen molar-refractivity contribution < 1.29 is 0 Å². The first kappa shape index (κ1) is 14.1. The van der Waals surface area contributed by atoms with E-state index in [1.165, 1.54) is 83.5 Å². The molecular weight excluding hydrogens is 192 g/mol. The van der Waals surface area contributed by atoms with Crippen LogP contribution in [0.3, 0.4) is 0 Å². The normalized spacial score (nSPS) is 17.1. The van der Waals surface area contributed by atoms with Crippen LogP contribution >= 0.6 is 0 Å². The van der Waals surface area contributed by atoms with E-state index in [1.807, 2.05) is 0 Å². The van der Waals surface area contributed by atoms with Gasteiger partial charge in [0.05, 0.1) is 0 Å². The van der Waals surface area contributed by atoms with Gasteiger partial charge in [-0.25, -0.2) is 0 Å². The first-order valence-corrected chi connectivity index (χ1v) is 7.77. The van der Waals surface area contributed by atoms with Gasteiger partial charge in [0.15, 0.2) is 0 Å². The summed E-state index contributed by atoms with van der Waals surface area (Å²) in [4.78, 5) is 0. The molecule has 1 fully saturated rings. The van der Waals surface area contributed by atoms with Gasteiger partial charge in [0, 0.05) is 0 Å². The van der Waals surface area contributed by atoms with Crippen LogP contribution in [-0.4, -0.2) is 0 Å². The minimum absolute atomic E-state index is 0.990. The van der Waals surface area contributed by atoms with Gasteiger partial charge in [0.25, 0.3) is 0 Å². The molecule has 1 rings (SSSR count). The number of rotatable bonds is 10. The molecular formula is C16H31. The van der Waals surface area contributed by atoms with Crippen molar-refractivity contribution in [2.45, 2.75) is 90.4 Å². The highest BCUT2D eigenvalue weighted by atomic mass is 14.2. The molecule has 0 spiro atoms. The first-order chi connectivity index (χ1) is 7.93. The summed E-state index contributed by atoms with van der Waals surface area (Å²) >= 11 is 0. The van der Waals surface area contributed by atoms with Crippen LogP contribution in [0.1, 0.15) is 90.4 Å². The van der Waals surface area contributed by atoms with Gasteiger partial charge < -0.3 is 0 Å². The Kier molecular flexibility index (Phi) is 8.94. The number of hydrogen-bond donors (Lipinski definition) is 0. The van der Waals surface area contributed by atoms with E-state index in [2.05, 4.69) is 13.3 Å². The third-order valence-electron chi connectivity index (χ3n) is 3.96. The zero-order valence-electron chi connectivity index (χ0n) is 11.3. The summed E-state index contributed by atoms with van der Waals surface area (Å²) < 4.78 is 0. The predicted molar refractivity (Wildman–Crippen MR) is 73.5 cm³/mol. The van der Waals surface area contributed by atoms with Crippen LogP contribution in [-0.2, 0) is 0 Å². The molecule has 0 atom stereocenters. The molecule has 0 N–H and O–H groups in total. The molecule has 0 heterocycles. The molecule has 1 aliphatic rings. The second kappa shape index (κ2) is 10.2. The van der Waals surface area contributed by atoms with Crippen LogP contribution in [0.25, 0.3) is 0 Å². The molecule has 16 heavy (non-hydrogen) atoms. The third-order valence-corrected chi connectivity index (χ3v) is 3.96. The van der Waals surface area contributed by atoms with Crippen molar-refractivity contribution in [3.63, 3.8) is 0 Å². The monoisotopic (exact) mass is 223 g/mol. The second-order valence-electron chi connectivity index (χ2n) is 5.54. The maximum atomic E-state index is 2.62. The van der Waals surface area contributed by atoms with E-state index in [9.17, 15) is 0 Å². The van der Waals surface area contributed by atoms with Gasteiger partial charge in [-0.2, -0.15) is 0 Å². The summed E-state index contributed by atoms with van der Waals surface area (Å²) in [7, 11) is 0. The van der Waals surface area contributed by atoms with E-state index in [4.69, 9.17) is 0 Å². The fraction of sp³-hybridized carbons (Fsp3) is 0.938. The van der Waals surface area contributed by atoms with Crippen LogP contribution in [0.4, 0.5) is 0 Å². The Morgan fingerprint density at radius 1 is 0.812 bits per heavy atom. The van der Waals surface area contributed by atoms with Crippen molar-refractivity contribution in [2.75, 3.05) is 0 Å². The molecule has 1 aliphatic carbocycles. The molecule has 0 unspecified atom stereocenters. The molecule has 0 nitrogen and oxygen atoms in total. The Labute approximate surface area is 103 Å². The van der Waals surface area contributed by atoms with Crippen molar-refractivity contribution in [2.24, 2.45) is 5.92 Å². The summed E-state index contributed by atoms with van der Waals surface area (Å²) in [6, 6.07) is 0. The van der Waals surface area contributed by atoms with Crippen LogP contribution in [0.2, 0.25) is 0 Å². The van der Waals surface area contributed by atoms with Crippen LogP contribution in [0.15, 0.2) is 0 Å². The average Bonchev–Trinajstić information content (AvgIpc) is 2.80. The van der Waals surface area contributed by atoms with E-state index in [0.29, 0.717) is 0 Å². The van der Waals surface area contributed by atoms with Gasteiger partial charge in [-0.1, -0.05) is 84.0 Å². The van der Waals surface area contributed by atoms with Gasteiger partial charge >= 0.3 is 0 Å². The second-order valence-corrected chi connectivity index (χ2v) is 5.54. The fourth-order valence-corrected chi connectivity index (χ4v) is 2.82. The third kappa shape index (κ3) is 7.30. The Balaban J connectivity index is 1.71. The summed E-state index contributed by atoms with van der Waals surface area (Å²) in [6.45, 7) is 2.29. The first-order valence-electron chi connectivity index (χ1n) is 7.77. The van der Waals surface area contributed by atoms with E-state index in [-0.39, 0.29) is 0 Å². The summed E-state index contributed by atoms with van der Waals surface area (Å²) in [5.41, 5.74) is 0. The zero-order valence-corrected chi connectivity index (χ0v) is 11.3. The Hall–Kier alpha value is 0. The lowest BCUT2D eigenvalue weighted by atomic mass is 9.99. The highest BCUT2D eigenvalue weighted by Crippen LogP contribution is 2.28. The Morgan fingerprint density at radius 3 is 2.00 bits per heavy atom. The molecule has 1 saturated carbocycles. The standard InChI is InChI=1S/C16H31/c1-2-3-4-5-6-7-8-9-10-13-16-14-11-12-15-16/h13,16H,2-12,14-15H2,1H3. The number of hydrogen-bond acceptors (Lipinski definition) is 0. The van der Waals surface area contributed by atoms with E-state index in [1.54, 1.807) is 0 Å². The van der Waals surface area contributed by atoms with Crippen molar-refractivity contribution in [3.05, 3.63) is 6.42 Å². The van der Waals surface area contributed by atoms with Crippen molar-refractivity contribution in [1.29, 1.82) is 0 Å². The summed E-state index contributed by atoms with van der Waals surface area (Å²) in [5, 5.41) is 0. The van der Waals surface area contributed by atoms with Gasteiger partial charge in [0.1, 0.15) is 0 Å². The fourth-order valence-electron chi connectivity index (χ4n) is 2.82. The average molecular weight is 223 g/mol. The van der Waals surface area contributed by atoms with E-state index < -0.39 is 0 Å². The van der Waals surface area contributed by atoms with Crippen molar-refractivity contribution >= 4 is 0 Å². The maximum Gasteiger partial charge on any atom is -0.0355 e. The van der Waals surface area contributed by atoms with Gasteiger partial charge in [-0.05, 0) is 18.8 Å². The zero-order chi connectivity index (χ0) is 11.5. The van der Waals surface area contributed by atoms with E-state index in [0.717, 1.165) is 5.92 Å². The minimum atomic E-state index is 0.990. The van der Waals surface area contributed by atoms with Crippen LogP contribution in [0, 0.1) is 12.3 Å². The van der Waals surface area contributed by atoms with Crippen LogP contribution < -0.4 is 0 Å². The van der Waals surface area contributed by atoms with Crippen LogP contribution in [0.5, 0.6) is 0 Å². The minimum Gasteiger partial charge on any atom is -0.0654 e. The molecule has 0 aromatic heterocycles. The van der Waals surface area contributed by atoms with E-state index >= 15 is 0 Å². The topological polar surface area (TPSA) is 0 Å². The molecule has 0 heteroatoms. The molecule has 0 amide bonds. The predicted octanol–water partition coefficient (Wildman–Crippen LogP) is 5.91. The largest absolute Gasteiger partial charge is 0.0654 e. The quantitative estimate of drug-likeness (QED) is 0.404. The maximum absolute atomic E-state index is 2.62. The van der Waals surface area contributed by atoms with Crippen molar-refractivity contribution in [1.82, 2.24) is 0 Å². The lowest BCUT2D eigenvalue weighted by Gasteiger charge is -2.07. The molecule has 0 bridgehead atoms.